The van der Waals surface area contributed by atoms with Gasteiger partial charge >= 0.3 is 0 Å². The molecule has 1 rings (SSSR count). The maximum Gasteiger partial charge on any atom is 0.0789 e. The molecule has 2 unspecified atom stereocenters. The van der Waals surface area contributed by atoms with Crippen molar-refractivity contribution in [3.05, 3.63) is 34.9 Å². The summed E-state index contributed by atoms with van der Waals surface area (Å²) in [5, 5.41) is 10.2. The van der Waals surface area contributed by atoms with E-state index in [1.165, 1.54) is 0 Å². The number of hydrogen-bond acceptors (Lipinski definition) is 3. The molecule has 3 nitrogen and oxygen atoms in total. The van der Waals surface area contributed by atoms with E-state index in [0.717, 1.165) is 10.6 Å². The lowest BCUT2D eigenvalue weighted by Crippen LogP contribution is -2.35. The molecule has 0 aromatic heterocycles. The molecular formula is C12H19ClN2O. The predicted molar refractivity (Wildman–Crippen MR) is 67.6 cm³/mol. The topological polar surface area (TPSA) is 49.5 Å². The predicted octanol–water partition coefficient (Wildman–Crippen LogP) is 1.65. The molecule has 1 aromatic carbocycles. The van der Waals surface area contributed by atoms with E-state index in [0.29, 0.717) is 6.54 Å². The summed E-state index contributed by atoms with van der Waals surface area (Å²) in [5.41, 5.74) is 6.45. The number of nitrogens with zero attached hydrogens (tertiary/aromatic N) is 1. The Morgan fingerprint density at radius 1 is 1.44 bits per heavy atom. The first-order chi connectivity index (χ1) is 7.56. The van der Waals surface area contributed by atoms with Crippen LogP contribution in [0.3, 0.4) is 0 Å². The minimum atomic E-state index is -0.491. The van der Waals surface area contributed by atoms with Crippen molar-refractivity contribution < 1.29 is 5.11 Å². The second kappa shape index (κ2) is 6.21. The number of likely N-dealkylation sites (N-methyl/N-ethyl adjacent to an activating group) is 1. The molecule has 0 aliphatic carbocycles. The van der Waals surface area contributed by atoms with Crippen molar-refractivity contribution >= 4 is 11.6 Å². The zero-order chi connectivity index (χ0) is 12.1. The highest BCUT2D eigenvalue weighted by Crippen LogP contribution is 2.25. The molecule has 0 radical (unpaired) electrons. The van der Waals surface area contributed by atoms with Gasteiger partial charge in [0.25, 0.3) is 0 Å². The van der Waals surface area contributed by atoms with Crippen molar-refractivity contribution in [1.82, 2.24) is 4.90 Å². The third-order valence-corrected chi connectivity index (χ3v) is 3.13. The van der Waals surface area contributed by atoms with E-state index in [1.807, 2.05) is 36.2 Å². The average Bonchev–Trinajstić information content (AvgIpc) is 2.28. The van der Waals surface area contributed by atoms with E-state index in [4.69, 9.17) is 17.3 Å². The normalized spacial score (nSPS) is 15.1. The Bertz CT molecular complexity index is 333. The van der Waals surface area contributed by atoms with Gasteiger partial charge in [-0.1, -0.05) is 29.8 Å². The molecular weight excluding hydrogens is 224 g/mol. The van der Waals surface area contributed by atoms with Crippen LogP contribution in [0.2, 0.25) is 5.02 Å². The van der Waals surface area contributed by atoms with E-state index in [-0.39, 0.29) is 12.6 Å². The molecule has 0 aliphatic heterocycles. The fraction of sp³-hybridized carbons (Fsp3) is 0.500. The van der Waals surface area contributed by atoms with Crippen LogP contribution in [0.25, 0.3) is 0 Å². The molecule has 0 heterocycles. The molecule has 0 bridgehead atoms. The molecule has 0 amide bonds. The fourth-order valence-corrected chi connectivity index (χ4v) is 1.91. The standard InChI is InChI=1S/C12H19ClN2O/c1-9(15(2)8-10(16)7-14)11-5-3-4-6-12(11)13/h3-6,9-10,16H,7-8,14H2,1-2H3. The van der Waals surface area contributed by atoms with Crippen molar-refractivity contribution in [2.24, 2.45) is 5.73 Å². The van der Waals surface area contributed by atoms with Crippen LogP contribution in [0.5, 0.6) is 0 Å². The van der Waals surface area contributed by atoms with Crippen molar-refractivity contribution in [2.45, 2.75) is 19.1 Å². The SMILES string of the molecule is CC(c1ccccc1Cl)N(C)CC(O)CN. The summed E-state index contributed by atoms with van der Waals surface area (Å²) >= 11 is 6.12. The lowest BCUT2D eigenvalue weighted by Gasteiger charge is -2.27. The maximum absolute atomic E-state index is 9.49. The molecule has 0 aliphatic rings. The molecule has 0 fully saturated rings. The third kappa shape index (κ3) is 3.46. The summed E-state index contributed by atoms with van der Waals surface area (Å²) < 4.78 is 0. The minimum Gasteiger partial charge on any atom is -0.390 e. The van der Waals surface area contributed by atoms with Gasteiger partial charge in [-0.25, -0.2) is 0 Å². The van der Waals surface area contributed by atoms with E-state index in [2.05, 4.69) is 6.92 Å². The van der Waals surface area contributed by atoms with Crippen LogP contribution < -0.4 is 5.73 Å². The summed E-state index contributed by atoms with van der Waals surface area (Å²) in [6.07, 6.45) is -0.491. The van der Waals surface area contributed by atoms with Crippen LogP contribution in [0.4, 0.5) is 0 Å². The molecule has 16 heavy (non-hydrogen) atoms. The van der Waals surface area contributed by atoms with Gasteiger partial charge in [0, 0.05) is 24.2 Å². The zero-order valence-corrected chi connectivity index (χ0v) is 10.5. The highest BCUT2D eigenvalue weighted by atomic mass is 35.5. The molecule has 0 saturated carbocycles. The fourth-order valence-electron chi connectivity index (χ4n) is 1.62. The smallest absolute Gasteiger partial charge is 0.0789 e. The largest absolute Gasteiger partial charge is 0.390 e. The summed E-state index contributed by atoms with van der Waals surface area (Å²) in [4.78, 5) is 2.04. The van der Waals surface area contributed by atoms with Gasteiger partial charge in [-0.05, 0) is 25.6 Å². The van der Waals surface area contributed by atoms with Crippen LogP contribution in [-0.2, 0) is 0 Å². The number of hydrogen-bond donors (Lipinski definition) is 2. The molecule has 2 atom stereocenters. The van der Waals surface area contributed by atoms with E-state index >= 15 is 0 Å². The van der Waals surface area contributed by atoms with Crippen LogP contribution in [0.1, 0.15) is 18.5 Å². The molecule has 90 valence electrons. The van der Waals surface area contributed by atoms with Gasteiger partial charge in [0.1, 0.15) is 0 Å². The minimum absolute atomic E-state index is 0.162. The van der Waals surface area contributed by atoms with Gasteiger partial charge < -0.3 is 10.8 Å². The van der Waals surface area contributed by atoms with Crippen LogP contribution >= 0.6 is 11.6 Å². The highest BCUT2D eigenvalue weighted by Gasteiger charge is 2.16. The first-order valence-corrected chi connectivity index (χ1v) is 5.76. The van der Waals surface area contributed by atoms with Crippen molar-refractivity contribution in [1.29, 1.82) is 0 Å². The Hall–Kier alpha value is -0.610. The molecule has 1 aromatic rings. The summed E-state index contributed by atoms with van der Waals surface area (Å²) in [6, 6.07) is 7.91. The van der Waals surface area contributed by atoms with Crippen molar-refractivity contribution in [3.63, 3.8) is 0 Å². The Morgan fingerprint density at radius 2 is 2.06 bits per heavy atom. The number of halogens is 1. The van der Waals surface area contributed by atoms with E-state index in [1.54, 1.807) is 0 Å². The van der Waals surface area contributed by atoms with Gasteiger partial charge in [-0.3, -0.25) is 4.90 Å². The van der Waals surface area contributed by atoms with E-state index < -0.39 is 6.10 Å². The van der Waals surface area contributed by atoms with Gasteiger partial charge in [-0.2, -0.15) is 0 Å². The Kier molecular flexibility index (Phi) is 5.22. The van der Waals surface area contributed by atoms with Gasteiger partial charge in [0.2, 0.25) is 0 Å². The number of rotatable bonds is 5. The van der Waals surface area contributed by atoms with Gasteiger partial charge in [0.05, 0.1) is 6.10 Å². The van der Waals surface area contributed by atoms with Crippen LogP contribution in [-0.4, -0.2) is 36.2 Å². The first-order valence-electron chi connectivity index (χ1n) is 5.39. The Balaban J connectivity index is 2.70. The third-order valence-electron chi connectivity index (χ3n) is 2.79. The second-order valence-corrected chi connectivity index (χ2v) is 4.43. The lowest BCUT2D eigenvalue weighted by atomic mass is 10.1. The zero-order valence-electron chi connectivity index (χ0n) is 9.73. The van der Waals surface area contributed by atoms with Crippen LogP contribution in [0.15, 0.2) is 24.3 Å². The Labute approximate surface area is 102 Å². The highest BCUT2D eigenvalue weighted by molar-refractivity contribution is 6.31. The first kappa shape index (κ1) is 13.5. The van der Waals surface area contributed by atoms with Gasteiger partial charge in [0.15, 0.2) is 0 Å². The lowest BCUT2D eigenvalue weighted by molar-refractivity contribution is 0.114. The number of benzene rings is 1. The van der Waals surface area contributed by atoms with Crippen LogP contribution in [0, 0.1) is 0 Å². The van der Waals surface area contributed by atoms with E-state index in [9.17, 15) is 5.11 Å². The summed E-state index contributed by atoms with van der Waals surface area (Å²) in [5.74, 6) is 0. The number of aliphatic hydroxyl groups is 1. The van der Waals surface area contributed by atoms with Crippen molar-refractivity contribution in [2.75, 3.05) is 20.1 Å². The Morgan fingerprint density at radius 3 is 2.62 bits per heavy atom. The average molecular weight is 243 g/mol. The molecule has 3 N–H and O–H groups in total. The summed E-state index contributed by atoms with van der Waals surface area (Å²) in [6.45, 7) is 2.88. The number of aliphatic hydroxyl groups excluding tert-OH is 1. The molecule has 0 saturated heterocycles. The number of nitrogens with two attached hydrogens (primary N) is 1. The molecule has 0 spiro atoms. The van der Waals surface area contributed by atoms with Gasteiger partial charge in [-0.15, -0.1) is 0 Å². The monoisotopic (exact) mass is 242 g/mol. The maximum atomic E-state index is 9.49. The quantitative estimate of drug-likeness (QED) is 0.826. The van der Waals surface area contributed by atoms with Crippen molar-refractivity contribution in [3.8, 4) is 0 Å². The second-order valence-electron chi connectivity index (χ2n) is 4.03. The summed E-state index contributed by atoms with van der Waals surface area (Å²) in [7, 11) is 1.95. The molecule has 4 heteroatoms.